The highest BCUT2D eigenvalue weighted by Gasteiger charge is 2.03. The maximum atomic E-state index is 11.8. The Kier molecular flexibility index (Phi) is 4.93. The van der Waals surface area contributed by atoms with Crippen LogP contribution >= 0.6 is 12.0 Å². The van der Waals surface area contributed by atoms with Crippen LogP contribution in [0.15, 0.2) is 29.2 Å². The van der Waals surface area contributed by atoms with E-state index in [1.165, 1.54) is 5.56 Å². The van der Waals surface area contributed by atoms with E-state index in [1.54, 1.807) is 0 Å². The number of hydrogen-bond acceptors (Lipinski definition) is 3. The second-order valence-electron chi connectivity index (χ2n) is 2.99. The van der Waals surface area contributed by atoms with Crippen LogP contribution in [0.25, 0.3) is 0 Å². The molecule has 0 aliphatic heterocycles. The van der Waals surface area contributed by atoms with Gasteiger partial charge in [-0.3, -0.25) is 0 Å². The molecule has 1 aromatic rings. The second-order valence-corrected chi connectivity index (χ2v) is 3.86. The van der Waals surface area contributed by atoms with Crippen LogP contribution in [0.3, 0.4) is 0 Å². The summed E-state index contributed by atoms with van der Waals surface area (Å²) >= 11 is 1.15. The Morgan fingerprint density at radius 1 is 1.43 bits per heavy atom. The monoisotopic (exact) mass is 216 g/mol. The van der Waals surface area contributed by atoms with Crippen LogP contribution in [0.5, 0.6) is 0 Å². The molecule has 0 amide bonds. The molecule has 0 fully saturated rings. The number of rotatable bonds is 5. The van der Waals surface area contributed by atoms with Gasteiger partial charge in [0.1, 0.15) is 12.8 Å². The molecule has 2 nitrogen and oxygen atoms in total. The molecule has 0 spiro atoms. The lowest BCUT2D eigenvalue weighted by atomic mass is 10.2. The standard InChI is InChI=1S/C10H13FO2S/c1-8-2-4-10(5-3-8)14-13-7-9(12)6-11/h2-5,9,12H,6-7H2,1H3. The van der Waals surface area contributed by atoms with Crippen molar-refractivity contribution in [3.8, 4) is 0 Å². The summed E-state index contributed by atoms with van der Waals surface area (Å²) in [6.07, 6.45) is -1.02. The molecule has 0 saturated carbocycles. The smallest absolute Gasteiger partial charge is 0.118 e. The minimum Gasteiger partial charge on any atom is -0.388 e. The Balaban J connectivity index is 2.28. The minimum atomic E-state index is -1.02. The van der Waals surface area contributed by atoms with Crippen molar-refractivity contribution in [2.24, 2.45) is 0 Å². The van der Waals surface area contributed by atoms with E-state index in [4.69, 9.17) is 9.29 Å². The van der Waals surface area contributed by atoms with E-state index < -0.39 is 12.8 Å². The average molecular weight is 216 g/mol. The van der Waals surface area contributed by atoms with Crippen LogP contribution in [0.1, 0.15) is 5.56 Å². The third-order valence-electron chi connectivity index (χ3n) is 1.61. The maximum Gasteiger partial charge on any atom is 0.118 e. The summed E-state index contributed by atoms with van der Waals surface area (Å²) in [5.41, 5.74) is 1.18. The molecule has 4 heteroatoms. The van der Waals surface area contributed by atoms with Gasteiger partial charge in [0, 0.05) is 16.9 Å². The minimum absolute atomic E-state index is 0.00897. The third kappa shape index (κ3) is 4.09. The highest BCUT2D eigenvalue weighted by molar-refractivity contribution is 7.94. The van der Waals surface area contributed by atoms with Gasteiger partial charge in [0.05, 0.1) is 6.61 Å². The molecular formula is C10H13FO2S. The molecule has 1 unspecified atom stereocenters. The summed E-state index contributed by atoms with van der Waals surface area (Å²) in [6.45, 7) is 1.24. The molecule has 0 aliphatic rings. The lowest BCUT2D eigenvalue weighted by Crippen LogP contribution is -2.14. The van der Waals surface area contributed by atoms with Gasteiger partial charge in [-0.2, -0.15) is 0 Å². The Morgan fingerprint density at radius 2 is 2.07 bits per heavy atom. The van der Waals surface area contributed by atoms with Gasteiger partial charge in [-0.15, -0.1) is 0 Å². The van der Waals surface area contributed by atoms with E-state index >= 15 is 0 Å². The molecular weight excluding hydrogens is 203 g/mol. The second kappa shape index (κ2) is 6.01. The number of aliphatic hydroxyl groups is 1. The highest BCUT2D eigenvalue weighted by atomic mass is 32.2. The Bertz CT molecular complexity index is 263. The van der Waals surface area contributed by atoms with Crippen molar-refractivity contribution in [3.63, 3.8) is 0 Å². The quantitative estimate of drug-likeness (QED) is 0.766. The van der Waals surface area contributed by atoms with Crippen molar-refractivity contribution in [3.05, 3.63) is 29.8 Å². The maximum absolute atomic E-state index is 11.8. The van der Waals surface area contributed by atoms with Gasteiger partial charge in [0.2, 0.25) is 0 Å². The first-order valence-electron chi connectivity index (χ1n) is 4.32. The Morgan fingerprint density at radius 3 is 2.64 bits per heavy atom. The van der Waals surface area contributed by atoms with Crippen molar-refractivity contribution in [2.75, 3.05) is 13.3 Å². The summed E-state index contributed by atoms with van der Waals surface area (Å²) < 4.78 is 16.9. The van der Waals surface area contributed by atoms with Crippen LogP contribution in [0, 0.1) is 6.92 Å². The average Bonchev–Trinajstić information content (AvgIpc) is 2.21. The summed E-state index contributed by atoms with van der Waals surface area (Å²) in [5, 5.41) is 8.87. The topological polar surface area (TPSA) is 29.5 Å². The van der Waals surface area contributed by atoms with Gasteiger partial charge >= 0.3 is 0 Å². The normalized spacial score (nSPS) is 12.8. The number of aryl methyl sites for hydroxylation is 1. The Hall–Kier alpha value is -0.580. The Labute approximate surface area is 87.3 Å². The van der Waals surface area contributed by atoms with E-state index in [2.05, 4.69) is 0 Å². The number of halogens is 1. The van der Waals surface area contributed by atoms with Gasteiger partial charge in [0.15, 0.2) is 0 Å². The van der Waals surface area contributed by atoms with Gasteiger partial charge in [-0.25, -0.2) is 4.39 Å². The first-order chi connectivity index (χ1) is 6.72. The number of alkyl halides is 1. The number of hydrogen-bond donors (Lipinski definition) is 1. The molecule has 0 radical (unpaired) electrons. The first kappa shape index (κ1) is 11.5. The summed E-state index contributed by atoms with van der Waals surface area (Å²) in [6, 6.07) is 7.78. The lowest BCUT2D eigenvalue weighted by Gasteiger charge is -2.05. The molecule has 0 saturated heterocycles. The number of benzene rings is 1. The molecule has 0 aromatic heterocycles. The van der Waals surface area contributed by atoms with Crippen molar-refractivity contribution in [1.29, 1.82) is 0 Å². The fourth-order valence-corrected chi connectivity index (χ4v) is 1.43. The molecule has 1 aromatic carbocycles. The molecule has 14 heavy (non-hydrogen) atoms. The van der Waals surface area contributed by atoms with Crippen LogP contribution < -0.4 is 0 Å². The number of aliphatic hydroxyl groups excluding tert-OH is 1. The van der Waals surface area contributed by atoms with Crippen LogP contribution in [0.2, 0.25) is 0 Å². The van der Waals surface area contributed by atoms with Crippen LogP contribution in [0.4, 0.5) is 4.39 Å². The molecule has 0 bridgehead atoms. The fraction of sp³-hybridized carbons (Fsp3) is 0.400. The molecule has 1 atom stereocenters. The lowest BCUT2D eigenvalue weighted by molar-refractivity contribution is 0.0932. The van der Waals surface area contributed by atoms with E-state index in [9.17, 15) is 4.39 Å². The van der Waals surface area contributed by atoms with Crippen LogP contribution in [-0.4, -0.2) is 24.5 Å². The largest absolute Gasteiger partial charge is 0.388 e. The summed E-state index contributed by atoms with van der Waals surface area (Å²) in [4.78, 5) is 0.946. The van der Waals surface area contributed by atoms with Crippen molar-refractivity contribution in [1.82, 2.24) is 0 Å². The van der Waals surface area contributed by atoms with Crippen molar-refractivity contribution >= 4 is 12.0 Å². The third-order valence-corrected chi connectivity index (χ3v) is 2.33. The molecule has 78 valence electrons. The van der Waals surface area contributed by atoms with E-state index in [1.807, 2.05) is 31.2 Å². The summed E-state index contributed by atoms with van der Waals surface area (Å²) in [7, 11) is 0. The first-order valence-corrected chi connectivity index (χ1v) is 5.06. The van der Waals surface area contributed by atoms with Gasteiger partial charge < -0.3 is 9.29 Å². The van der Waals surface area contributed by atoms with Gasteiger partial charge in [-0.05, 0) is 19.1 Å². The molecule has 1 rings (SSSR count). The molecule has 0 heterocycles. The summed E-state index contributed by atoms with van der Waals surface area (Å²) in [5.74, 6) is 0. The van der Waals surface area contributed by atoms with E-state index in [0.717, 1.165) is 16.9 Å². The van der Waals surface area contributed by atoms with Gasteiger partial charge in [-0.1, -0.05) is 17.7 Å². The predicted octanol–water partition coefficient (Wildman–Crippen LogP) is 2.35. The van der Waals surface area contributed by atoms with E-state index in [0.29, 0.717) is 0 Å². The van der Waals surface area contributed by atoms with Crippen LogP contribution in [-0.2, 0) is 4.18 Å². The zero-order valence-corrected chi connectivity index (χ0v) is 8.76. The SMILES string of the molecule is Cc1ccc(SOCC(O)CF)cc1. The van der Waals surface area contributed by atoms with Gasteiger partial charge in [0.25, 0.3) is 0 Å². The molecule has 0 aliphatic carbocycles. The van der Waals surface area contributed by atoms with Crippen molar-refractivity contribution < 1.29 is 13.7 Å². The van der Waals surface area contributed by atoms with E-state index in [-0.39, 0.29) is 6.61 Å². The fourth-order valence-electron chi connectivity index (χ4n) is 0.819. The molecule has 1 N–H and O–H groups in total. The zero-order valence-electron chi connectivity index (χ0n) is 7.94. The van der Waals surface area contributed by atoms with Crippen molar-refractivity contribution in [2.45, 2.75) is 17.9 Å². The highest BCUT2D eigenvalue weighted by Crippen LogP contribution is 2.19. The predicted molar refractivity (Wildman–Crippen MR) is 55.0 cm³/mol. The zero-order chi connectivity index (χ0) is 10.4.